The summed E-state index contributed by atoms with van der Waals surface area (Å²) in [5.41, 5.74) is 2.98. The number of rotatable bonds is 4. The van der Waals surface area contributed by atoms with E-state index in [0.717, 1.165) is 23.3 Å². The average molecular weight is 379 g/mol. The lowest BCUT2D eigenvalue weighted by molar-refractivity contribution is -0.130. The van der Waals surface area contributed by atoms with E-state index in [1.165, 1.54) is 11.2 Å². The predicted octanol–water partition coefficient (Wildman–Crippen LogP) is 1.14. The van der Waals surface area contributed by atoms with Crippen LogP contribution in [0.25, 0.3) is 0 Å². The van der Waals surface area contributed by atoms with Crippen molar-refractivity contribution in [3.63, 3.8) is 0 Å². The second-order valence-corrected chi connectivity index (χ2v) is 6.82. The van der Waals surface area contributed by atoms with Crippen LogP contribution in [-0.4, -0.2) is 53.4 Å². The third-order valence-electron chi connectivity index (χ3n) is 5.17. The van der Waals surface area contributed by atoms with E-state index < -0.39 is 0 Å². The summed E-state index contributed by atoms with van der Waals surface area (Å²) in [6.45, 7) is 3.52. The highest BCUT2D eigenvalue weighted by Gasteiger charge is 2.31. The topological polar surface area (TPSA) is 117 Å². The molecule has 0 bridgehead atoms. The monoisotopic (exact) mass is 379 g/mol. The molecule has 0 aromatic carbocycles. The van der Waals surface area contributed by atoms with Crippen LogP contribution in [0.15, 0.2) is 17.6 Å². The molecule has 2 amide bonds. The van der Waals surface area contributed by atoms with Gasteiger partial charge in [0.2, 0.25) is 11.8 Å². The number of likely N-dealkylation sites (N-methyl/N-ethyl adjacent to an activating group) is 1. The highest BCUT2D eigenvalue weighted by Crippen LogP contribution is 2.34. The van der Waals surface area contributed by atoms with Gasteiger partial charge in [-0.3, -0.25) is 14.5 Å². The summed E-state index contributed by atoms with van der Waals surface area (Å²) in [6.07, 6.45) is 2.44. The first-order chi connectivity index (χ1) is 13.5. The van der Waals surface area contributed by atoms with Crippen LogP contribution in [0.1, 0.15) is 31.7 Å². The standard InChI is InChI=1S/C19H21N7O2/c1-13-5-9-25(16(27)3-7-20)11-15(13)24(2)18-14-6-10-26(17(28)4-8-21)19(14)23-12-22-18/h12H,3-6,9-11H2,1-2H3. The van der Waals surface area contributed by atoms with E-state index in [2.05, 4.69) is 9.97 Å². The summed E-state index contributed by atoms with van der Waals surface area (Å²) in [4.78, 5) is 38.2. The van der Waals surface area contributed by atoms with Crippen molar-refractivity contribution in [3.05, 3.63) is 23.2 Å². The number of nitrogens with zero attached hydrogens (tertiary/aromatic N) is 7. The van der Waals surface area contributed by atoms with Crippen molar-refractivity contribution >= 4 is 23.5 Å². The van der Waals surface area contributed by atoms with Crippen LogP contribution < -0.4 is 9.80 Å². The highest BCUT2D eigenvalue weighted by atomic mass is 16.2. The Bertz CT molecular complexity index is 925. The van der Waals surface area contributed by atoms with Crippen molar-refractivity contribution in [2.24, 2.45) is 0 Å². The summed E-state index contributed by atoms with van der Waals surface area (Å²) in [5.74, 6) is 0.793. The molecule has 0 spiro atoms. The van der Waals surface area contributed by atoms with E-state index in [0.29, 0.717) is 37.7 Å². The first-order valence-corrected chi connectivity index (χ1v) is 9.06. The Morgan fingerprint density at radius 3 is 2.57 bits per heavy atom. The molecule has 2 aliphatic heterocycles. The van der Waals surface area contributed by atoms with Gasteiger partial charge in [0.05, 0.1) is 18.7 Å². The fourth-order valence-electron chi connectivity index (χ4n) is 3.63. The van der Waals surface area contributed by atoms with E-state index in [-0.39, 0.29) is 24.7 Å². The molecule has 0 saturated carbocycles. The van der Waals surface area contributed by atoms with E-state index >= 15 is 0 Å². The zero-order chi connectivity index (χ0) is 20.3. The molecule has 0 unspecified atom stereocenters. The molecule has 9 heteroatoms. The summed E-state index contributed by atoms with van der Waals surface area (Å²) in [7, 11) is 1.89. The van der Waals surface area contributed by atoms with Crippen molar-refractivity contribution in [2.75, 3.05) is 36.5 Å². The molecule has 0 atom stereocenters. The largest absolute Gasteiger partial charge is 0.336 e. The Balaban J connectivity index is 1.89. The Morgan fingerprint density at radius 2 is 1.86 bits per heavy atom. The Hall–Kier alpha value is -3.46. The van der Waals surface area contributed by atoms with Gasteiger partial charge in [0.25, 0.3) is 0 Å². The SMILES string of the molecule is CC1=C(N(C)c2ncnc3c2CCN3C(=O)CC#N)CN(C(=O)CC#N)CC1. The number of amides is 2. The molecule has 3 rings (SSSR count). The zero-order valence-corrected chi connectivity index (χ0v) is 16.0. The lowest BCUT2D eigenvalue weighted by atomic mass is 10.0. The molecular formula is C19H21N7O2. The van der Waals surface area contributed by atoms with Gasteiger partial charge in [-0.2, -0.15) is 10.5 Å². The molecule has 0 saturated heterocycles. The molecule has 3 heterocycles. The normalized spacial score (nSPS) is 15.7. The minimum atomic E-state index is -0.269. The van der Waals surface area contributed by atoms with Crippen molar-refractivity contribution in [1.29, 1.82) is 10.5 Å². The first kappa shape index (κ1) is 19.3. The van der Waals surface area contributed by atoms with E-state index in [9.17, 15) is 9.59 Å². The summed E-state index contributed by atoms with van der Waals surface area (Å²) < 4.78 is 0. The van der Waals surface area contributed by atoms with Gasteiger partial charge in [-0.15, -0.1) is 0 Å². The molecule has 2 aliphatic rings. The zero-order valence-electron chi connectivity index (χ0n) is 16.0. The maximum atomic E-state index is 12.2. The Morgan fingerprint density at radius 1 is 1.14 bits per heavy atom. The van der Waals surface area contributed by atoms with Crippen molar-refractivity contribution in [3.8, 4) is 12.1 Å². The van der Waals surface area contributed by atoms with Crippen molar-refractivity contribution < 1.29 is 9.59 Å². The number of aromatic nitrogens is 2. The third kappa shape index (κ3) is 3.52. The van der Waals surface area contributed by atoms with Gasteiger partial charge >= 0.3 is 0 Å². The highest BCUT2D eigenvalue weighted by molar-refractivity contribution is 5.96. The molecule has 0 aliphatic carbocycles. The molecule has 0 fully saturated rings. The van der Waals surface area contributed by atoms with Gasteiger partial charge in [-0.25, -0.2) is 9.97 Å². The first-order valence-electron chi connectivity index (χ1n) is 9.06. The van der Waals surface area contributed by atoms with Crippen molar-refractivity contribution in [2.45, 2.75) is 32.6 Å². The van der Waals surface area contributed by atoms with E-state index in [1.807, 2.05) is 31.0 Å². The second-order valence-electron chi connectivity index (χ2n) is 6.82. The Kier molecular flexibility index (Phi) is 5.55. The molecule has 28 heavy (non-hydrogen) atoms. The van der Waals surface area contributed by atoms with Gasteiger partial charge < -0.3 is 9.80 Å². The van der Waals surface area contributed by atoms with Gasteiger partial charge in [0, 0.05) is 31.4 Å². The number of hydrogen-bond donors (Lipinski definition) is 0. The fraction of sp³-hybridized carbons (Fsp3) is 0.474. The Labute approximate surface area is 163 Å². The maximum absolute atomic E-state index is 12.2. The van der Waals surface area contributed by atoms with Crippen LogP contribution in [0.4, 0.5) is 11.6 Å². The number of carbonyl (C=O) groups excluding carboxylic acids is 2. The second kappa shape index (κ2) is 8.05. The van der Waals surface area contributed by atoms with Gasteiger partial charge in [-0.05, 0) is 19.8 Å². The maximum Gasteiger partial charge on any atom is 0.242 e. The molecular weight excluding hydrogens is 358 g/mol. The fourth-order valence-corrected chi connectivity index (χ4v) is 3.63. The molecule has 1 aromatic rings. The molecule has 0 radical (unpaired) electrons. The van der Waals surface area contributed by atoms with Crippen LogP contribution in [0.2, 0.25) is 0 Å². The number of anilines is 2. The van der Waals surface area contributed by atoms with E-state index in [1.54, 1.807) is 4.90 Å². The minimum absolute atomic E-state index is 0.130. The van der Waals surface area contributed by atoms with Crippen molar-refractivity contribution in [1.82, 2.24) is 14.9 Å². The quantitative estimate of drug-likeness (QED) is 0.770. The van der Waals surface area contributed by atoms with Crippen LogP contribution in [0.3, 0.4) is 0 Å². The summed E-state index contributed by atoms with van der Waals surface area (Å²) in [5, 5.41) is 17.6. The lowest BCUT2D eigenvalue weighted by Gasteiger charge is -2.34. The van der Waals surface area contributed by atoms with Gasteiger partial charge in [-0.1, -0.05) is 5.57 Å². The van der Waals surface area contributed by atoms with Crippen LogP contribution in [0, 0.1) is 22.7 Å². The number of carbonyl (C=O) groups is 2. The minimum Gasteiger partial charge on any atom is -0.336 e. The smallest absolute Gasteiger partial charge is 0.242 e. The van der Waals surface area contributed by atoms with Gasteiger partial charge in [0.15, 0.2) is 0 Å². The number of fused-ring (bicyclic) bond motifs is 1. The molecule has 9 nitrogen and oxygen atoms in total. The lowest BCUT2D eigenvalue weighted by Crippen LogP contribution is -2.40. The summed E-state index contributed by atoms with van der Waals surface area (Å²) >= 11 is 0. The van der Waals surface area contributed by atoms with Crippen LogP contribution in [0.5, 0.6) is 0 Å². The average Bonchev–Trinajstić information content (AvgIpc) is 3.12. The van der Waals surface area contributed by atoms with E-state index in [4.69, 9.17) is 10.5 Å². The van der Waals surface area contributed by atoms with Crippen LogP contribution >= 0.6 is 0 Å². The van der Waals surface area contributed by atoms with Gasteiger partial charge in [0.1, 0.15) is 30.8 Å². The third-order valence-corrected chi connectivity index (χ3v) is 5.17. The number of hydrogen-bond acceptors (Lipinski definition) is 7. The predicted molar refractivity (Wildman–Crippen MR) is 101 cm³/mol. The molecule has 144 valence electrons. The molecule has 1 aromatic heterocycles. The number of nitriles is 2. The van der Waals surface area contributed by atoms with Crippen LogP contribution in [-0.2, 0) is 16.0 Å². The summed E-state index contributed by atoms with van der Waals surface area (Å²) in [6, 6.07) is 3.79. The molecule has 0 N–H and O–H groups in total.